The zero-order valence-corrected chi connectivity index (χ0v) is 15.6. The fourth-order valence-corrected chi connectivity index (χ4v) is 2.85. The van der Waals surface area contributed by atoms with Crippen LogP contribution in [0.2, 0.25) is 5.02 Å². The first-order valence-corrected chi connectivity index (χ1v) is 8.94. The molecule has 25 heavy (non-hydrogen) atoms. The smallest absolute Gasteiger partial charge is 0.277 e. The number of carbonyl (C=O) groups excluding carboxylic acids is 1. The predicted molar refractivity (Wildman–Crippen MR) is 101 cm³/mol. The average molecular weight is 381 g/mol. The van der Waals surface area contributed by atoms with Gasteiger partial charge >= 0.3 is 0 Å². The number of hydrogen-bond acceptors (Lipinski definition) is 3. The molecular weight excluding hydrogens is 362 g/mol. The second-order valence-corrected chi connectivity index (χ2v) is 7.21. The van der Waals surface area contributed by atoms with Crippen LogP contribution in [0, 0.1) is 18.7 Å². The molecule has 1 unspecified atom stereocenters. The van der Waals surface area contributed by atoms with Gasteiger partial charge in [0.05, 0.1) is 28.6 Å². The maximum Gasteiger partial charge on any atom is 0.277 e. The third-order valence-corrected chi connectivity index (χ3v) is 4.74. The van der Waals surface area contributed by atoms with E-state index in [0.717, 1.165) is 18.4 Å². The van der Waals surface area contributed by atoms with Crippen molar-refractivity contribution in [2.75, 3.05) is 11.9 Å². The molecule has 2 aromatic carbocycles. The highest BCUT2D eigenvalue weighted by atomic mass is 35.5. The van der Waals surface area contributed by atoms with E-state index in [2.05, 4.69) is 20.0 Å². The molecule has 2 aromatic rings. The van der Waals surface area contributed by atoms with E-state index in [9.17, 15) is 9.18 Å². The highest BCUT2D eigenvalue weighted by Gasteiger charge is 2.23. The van der Waals surface area contributed by atoms with Crippen molar-refractivity contribution in [1.82, 2.24) is 5.48 Å². The standard InChI is InChI=1S/C18H19ClFN2O2P/c1-10-2-6-14(13(19)8-10)21-17-12(5-7-15(25)16(17)20)18(23)22-24-9-11-3-4-11/h2,5-8,11,21H,3-4,9,25H2,1H3,(H,22,23). The van der Waals surface area contributed by atoms with Gasteiger partial charge in [-0.1, -0.05) is 23.7 Å². The van der Waals surface area contributed by atoms with Gasteiger partial charge < -0.3 is 5.32 Å². The fourth-order valence-electron chi connectivity index (χ4n) is 2.32. The Morgan fingerprint density at radius 3 is 2.80 bits per heavy atom. The van der Waals surface area contributed by atoms with Crippen molar-refractivity contribution in [3.05, 3.63) is 52.3 Å². The molecule has 1 atom stereocenters. The molecule has 0 heterocycles. The van der Waals surface area contributed by atoms with Crippen LogP contribution in [-0.2, 0) is 4.84 Å². The van der Waals surface area contributed by atoms with E-state index in [1.165, 1.54) is 6.07 Å². The van der Waals surface area contributed by atoms with Crippen LogP contribution in [0.5, 0.6) is 0 Å². The van der Waals surface area contributed by atoms with Crippen molar-refractivity contribution in [2.45, 2.75) is 19.8 Å². The van der Waals surface area contributed by atoms with Gasteiger partial charge in [0, 0.05) is 5.30 Å². The first-order valence-electron chi connectivity index (χ1n) is 7.99. The lowest BCUT2D eigenvalue weighted by Crippen LogP contribution is -2.26. The van der Waals surface area contributed by atoms with Crippen LogP contribution in [0.25, 0.3) is 0 Å². The first-order chi connectivity index (χ1) is 12.0. The molecule has 0 saturated heterocycles. The second-order valence-electron chi connectivity index (χ2n) is 6.19. The minimum Gasteiger partial charge on any atom is -0.351 e. The van der Waals surface area contributed by atoms with E-state index < -0.39 is 11.7 Å². The maximum absolute atomic E-state index is 14.6. The number of rotatable bonds is 6. The van der Waals surface area contributed by atoms with E-state index in [1.807, 2.05) is 13.0 Å². The van der Waals surface area contributed by atoms with Crippen molar-refractivity contribution in [3.8, 4) is 0 Å². The highest BCUT2D eigenvalue weighted by molar-refractivity contribution is 7.27. The van der Waals surface area contributed by atoms with Crippen LogP contribution >= 0.6 is 20.8 Å². The lowest BCUT2D eigenvalue weighted by molar-refractivity contribution is 0.0271. The van der Waals surface area contributed by atoms with Crippen LogP contribution in [0.3, 0.4) is 0 Å². The maximum atomic E-state index is 14.6. The van der Waals surface area contributed by atoms with E-state index in [-0.39, 0.29) is 11.3 Å². The summed E-state index contributed by atoms with van der Waals surface area (Å²) in [5.41, 5.74) is 4.10. The summed E-state index contributed by atoms with van der Waals surface area (Å²) in [6, 6.07) is 8.45. The van der Waals surface area contributed by atoms with Crippen molar-refractivity contribution in [1.29, 1.82) is 0 Å². The molecule has 1 aliphatic rings. The van der Waals surface area contributed by atoms with E-state index in [0.29, 0.717) is 28.5 Å². The molecule has 1 fully saturated rings. The average Bonchev–Trinajstić information content (AvgIpc) is 3.38. The summed E-state index contributed by atoms with van der Waals surface area (Å²) in [5, 5.41) is 3.73. The van der Waals surface area contributed by atoms with Crippen LogP contribution < -0.4 is 16.1 Å². The van der Waals surface area contributed by atoms with Gasteiger partial charge in [0.1, 0.15) is 0 Å². The van der Waals surface area contributed by atoms with Gasteiger partial charge in [0.2, 0.25) is 0 Å². The monoisotopic (exact) mass is 380 g/mol. The Morgan fingerprint density at radius 1 is 1.36 bits per heavy atom. The molecule has 1 amide bonds. The number of hydrogen-bond donors (Lipinski definition) is 2. The number of aryl methyl sites for hydroxylation is 1. The molecule has 1 aliphatic carbocycles. The van der Waals surface area contributed by atoms with E-state index in [1.54, 1.807) is 18.2 Å². The number of benzene rings is 2. The van der Waals surface area contributed by atoms with Gasteiger partial charge in [0.15, 0.2) is 5.82 Å². The summed E-state index contributed by atoms with van der Waals surface area (Å²) in [5.74, 6) is -0.526. The van der Waals surface area contributed by atoms with Gasteiger partial charge in [-0.15, -0.1) is 9.24 Å². The fraction of sp³-hybridized carbons (Fsp3) is 0.278. The quantitative estimate of drug-likeness (QED) is 0.586. The molecular formula is C18H19ClFN2O2P. The molecule has 4 nitrogen and oxygen atoms in total. The molecule has 3 rings (SSSR count). The Hall–Kier alpha value is -1.68. The minimum atomic E-state index is -0.531. The Balaban J connectivity index is 1.85. The molecule has 7 heteroatoms. The molecule has 0 radical (unpaired) electrons. The summed E-state index contributed by atoms with van der Waals surface area (Å²) >= 11 is 6.21. The summed E-state index contributed by atoms with van der Waals surface area (Å²) in [7, 11) is 2.31. The normalized spacial score (nSPS) is 13.6. The number of hydroxylamine groups is 1. The highest BCUT2D eigenvalue weighted by Crippen LogP contribution is 2.30. The Kier molecular flexibility index (Phi) is 5.57. The van der Waals surface area contributed by atoms with Crippen molar-refractivity contribution < 1.29 is 14.0 Å². The number of anilines is 2. The van der Waals surface area contributed by atoms with Gasteiger partial charge in [-0.2, -0.15) is 0 Å². The Labute approximate surface area is 153 Å². The summed E-state index contributed by atoms with van der Waals surface area (Å²) in [6.45, 7) is 2.39. The van der Waals surface area contributed by atoms with Gasteiger partial charge in [-0.3, -0.25) is 9.63 Å². The third kappa shape index (κ3) is 4.49. The first kappa shape index (κ1) is 18.1. The van der Waals surface area contributed by atoms with Crippen LogP contribution in [0.15, 0.2) is 30.3 Å². The van der Waals surface area contributed by atoms with Gasteiger partial charge in [-0.05, 0) is 49.4 Å². The topological polar surface area (TPSA) is 50.4 Å². The zero-order chi connectivity index (χ0) is 18.0. The van der Waals surface area contributed by atoms with Crippen molar-refractivity contribution in [3.63, 3.8) is 0 Å². The third-order valence-electron chi connectivity index (χ3n) is 3.98. The summed E-state index contributed by atoms with van der Waals surface area (Å²) < 4.78 is 14.6. The molecule has 132 valence electrons. The molecule has 1 saturated carbocycles. The summed E-state index contributed by atoms with van der Waals surface area (Å²) in [4.78, 5) is 17.6. The predicted octanol–water partition coefficient (Wildman–Crippen LogP) is 4.10. The lowest BCUT2D eigenvalue weighted by Gasteiger charge is -2.15. The largest absolute Gasteiger partial charge is 0.351 e. The SMILES string of the molecule is Cc1ccc(Nc2c(C(=O)NOCC3CC3)ccc(P)c2F)c(Cl)c1. The van der Waals surface area contributed by atoms with Crippen molar-refractivity contribution in [2.24, 2.45) is 5.92 Å². The van der Waals surface area contributed by atoms with Gasteiger partial charge in [0.25, 0.3) is 5.91 Å². The number of carbonyl (C=O) groups is 1. The summed E-state index contributed by atoms with van der Waals surface area (Å²) in [6.07, 6.45) is 2.23. The Morgan fingerprint density at radius 2 is 2.12 bits per heavy atom. The van der Waals surface area contributed by atoms with E-state index in [4.69, 9.17) is 16.4 Å². The minimum absolute atomic E-state index is 0.0609. The number of halogens is 2. The van der Waals surface area contributed by atoms with E-state index >= 15 is 0 Å². The Bertz CT molecular complexity index is 812. The lowest BCUT2D eigenvalue weighted by atomic mass is 10.1. The molecule has 0 bridgehead atoms. The van der Waals surface area contributed by atoms with Crippen LogP contribution in [0.1, 0.15) is 28.8 Å². The molecule has 0 aromatic heterocycles. The molecule has 0 spiro atoms. The second kappa shape index (κ2) is 7.69. The molecule has 2 N–H and O–H groups in total. The molecule has 0 aliphatic heterocycles. The number of nitrogens with one attached hydrogen (secondary N) is 2. The van der Waals surface area contributed by atoms with Crippen LogP contribution in [-0.4, -0.2) is 12.5 Å². The number of amides is 1. The van der Waals surface area contributed by atoms with Crippen LogP contribution in [0.4, 0.5) is 15.8 Å². The van der Waals surface area contributed by atoms with Gasteiger partial charge in [-0.25, -0.2) is 9.87 Å². The zero-order valence-electron chi connectivity index (χ0n) is 13.7. The van der Waals surface area contributed by atoms with Crippen molar-refractivity contribution >= 4 is 43.4 Å².